The molecule has 0 atom stereocenters. The van der Waals surface area contributed by atoms with E-state index in [4.69, 9.17) is 5.11 Å². The van der Waals surface area contributed by atoms with Crippen molar-refractivity contribution in [1.29, 1.82) is 0 Å². The number of aliphatic hydroxyl groups excluding tert-OH is 1. The van der Waals surface area contributed by atoms with Gasteiger partial charge in [-0.1, -0.05) is 0 Å². The zero-order valence-electron chi connectivity index (χ0n) is 6.60. The van der Waals surface area contributed by atoms with E-state index >= 15 is 0 Å². The van der Waals surface area contributed by atoms with Crippen LogP contribution in [0, 0.1) is 6.92 Å². The van der Waals surface area contributed by atoms with Gasteiger partial charge in [0.2, 0.25) is 0 Å². The molecule has 0 saturated carbocycles. The first-order valence-electron chi connectivity index (χ1n) is 3.58. The third kappa shape index (κ3) is 0.947. The van der Waals surface area contributed by atoms with Crippen LogP contribution in [0.4, 0.5) is 0 Å². The van der Waals surface area contributed by atoms with Gasteiger partial charge in [0.15, 0.2) is 0 Å². The molecule has 0 fully saturated rings. The second-order valence-electron chi connectivity index (χ2n) is 2.55. The van der Waals surface area contributed by atoms with Gasteiger partial charge in [-0.15, -0.1) is 10.2 Å². The summed E-state index contributed by atoms with van der Waals surface area (Å²) in [6, 6.07) is 1.80. The Morgan fingerprint density at radius 3 is 3.17 bits per heavy atom. The Morgan fingerprint density at radius 2 is 2.42 bits per heavy atom. The molecule has 2 aromatic rings. The Hall–Kier alpha value is -1.49. The van der Waals surface area contributed by atoms with Gasteiger partial charge in [-0.3, -0.25) is 4.40 Å². The second kappa shape index (κ2) is 2.53. The van der Waals surface area contributed by atoms with Crippen molar-refractivity contribution in [3.05, 3.63) is 23.8 Å². The third-order valence-corrected chi connectivity index (χ3v) is 1.65. The van der Waals surface area contributed by atoms with Crippen LogP contribution in [0.15, 0.2) is 12.4 Å². The van der Waals surface area contributed by atoms with E-state index in [-0.39, 0.29) is 6.61 Å². The quantitative estimate of drug-likeness (QED) is 0.640. The lowest BCUT2D eigenvalue weighted by Crippen LogP contribution is -1.99. The van der Waals surface area contributed by atoms with Gasteiger partial charge in [0.25, 0.3) is 5.78 Å². The molecule has 0 radical (unpaired) electrons. The van der Waals surface area contributed by atoms with E-state index < -0.39 is 0 Å². The monoisotopic (exact) mass is 164 g/mol. The number of fused-ring (bicyclic) bond motifs is 1. The van der Waals surface area contributed by atoms with Gasteiger partial charge in [0.05, 0.1) is 12.3 Å². The summed E-state index contributed by atoms with van der Waals surface area (Å²) in [6.07, 6.45) is 1.54. The first kappa shape index (κ1) is 7.17. The molecular weight excluding hydrogens is 156 g/mol. The summed E-state index contributed by atoms with van der Waals surface area (Å²) in [5.41, 5.74) is 1.59. The molecule has 0 aliphatic carbocycles. The summed E-state index contributed by atoms with van der Waals surface area (Å²) in [4.78, 5) is 4.12. The van der Waals surface area contributed by atoms with Gasteiger partial charge in [0.1, 0.15) is 6.33 Å². The lowest BCUT2D eigenvalue weighted by Gasteiger charge is -2.00. The normalized spacial score (nSPS) is 10.8. The highest BCUT2D eigenvalue weighted by atomic mass is 16.3. The lowest BCUT2D eigenvalue weighted by molar-refractivity contribution is 0.275. The number of hydrogen-bond donors (Lipinski definition) is 1. The zero-order valence-corrected chi connectivity index (χ0v) is 6.60. The van der Waals surface area contributed by atoms with E-state index in [1.165, 1.54) is 6.33 Å². The smallest absolute Gasteiger partial charge is 0.255 e. The number of rotatable bonds is 1. The Labute approximate surface area is 68.7 Å². The molecule has 2 aromatic heterocycles. The first-order chi connectivity index (χ1) is 5.81. The van der Waals surface area contributed by atoms with Crippen LogP contribution < -0.4 is 0 Å². The largest absolute Gasteiger partial charge is 0.390 e. The van der Waals surface area contributed by atoms with Crippen molar-refractivity contribution in [3.8, 4) is 0 Å². The highest BCUT2D eigenvalue weighted by Crippen LogP contribution is 2.04. The lowest BCUT2D eigenvalue weighted by atomic mass is 10.3. The second-order valence-corrected chi connectivity index (χ2v) is 2.55. The molecule has 0 bridgehead atoms. The van der Waals surface area contributed by atoms with Crippen LogP contribution in [0.5, 0.6) is 0 Å². The fourth-order valence-electron chi connectivity index (χ4n) is 1.13. The van der Waals surface area contributed by atoms with Crippen molar-refractivity contribution in [3.63, 3.8) is 0 Å². The van der Waals surface area contributed by atoms with Crippen LogP contribution in [0.2, 0.25) is 0 Å². The number of aryl methyl sites for hydroxylation is 1. The zero-order chi connectivity index (χ0) is 8.55. The summed E-state index contributed by atoms with van der Waals surface area (Å²) < 4.78 is 1.66. The van der Waals surface area contributed by atoms with Crippen molar-refractivity contribution >= 4 is 5.78 Å². The van der Waals surface area contributed by atoms with Gasteiger partial charge in [0, 0.05) is 5.69 Å². The summed E-state index contributed by atoms with van der Waals surface area (Å²) in [5, 5.41) is 16.4. The Balaban J connectivity index is 2.80. The highest BCUT2D eigenvalue weighted by molar-refractivity contribution is 5.30. The molecule has 2 rings (SSSR count). The van der Waals surface area contributed by atoms with Crippen molar-refractivity contribution in [1.82, 2.24) is 19.6 Å². The molecule has 0 aliphatic rings. The third-order valence-electron chi connectivity index (χ3n) is 1.65. The average molecular weight is 164 g/mol. The highest BCUT2D eigenvalue weighted by Gasteiger charge is 2.02. The SMILES string of the molecule is Cc1cc(CO)n2cnnc2n1. The maximum absolute atomic E-state index is 8.97. The molecule has 0 spiro atoms. The van der Waals surface area contributed by atoms with Crippen molar-refractivity contribution in [2.24, 2.45) is 0 Å². The fraction of sp³-hybridized carbons (Fsp3) is 0.286. The maximum atomic E-state index is 8.97. The molecule has 0 unspecified atom stereocenters. The molecule has 5 heteroatoms. The van der Waals surface area contributed by atoms with E-state index in [9.17, 15) is 0 Å². The van der Waals surface area contributed by atoms with E-state index in [1.807, 2.05) is 6.92 Å². The van der Waals surface area contributed by atoms with Gasteiger partial charge >= 0.3 is 0 Å². The maximum Gasteiger partial charge on any atom is 0.255 e. The number of nitrogens with zero attached hydrogens (tertiary/aromatic N) is 4. The number of aromatic nitrogens is 4. The van der Waals surface area contributed by atoms with Crippen LogP contribution >= 0.6 is 0 Å². The molecule has 0 aliphatic heterocycles. The predicted octanol–water partition coefficient (Wildman–Crippen LogP) is -0.0750. The summed E-state index contributed by atoms with van der Waals surface area (Å²) >= 11 is 0. The molecule has 2 heterocycles. The van der Waals surface area contributed by atoms with Crippen molar-refractivity contribution in [2.75, 3.05) is 0 Å². The van der Waals surface area contributed by atoms with E-state index in [0.29, 0.717) is 5.78 Å². The van der Waals surface area contributed by atoms with Crippen LogP contribution in [-0.4, -0.2) is 24.7 Å². The van der Waals surface area contributed by atoms with Gasteiger partial charge in [-0.25, -0.2) is 4.98 Å². The number of aliphatic hydroxyl groups is 1. The summed E-state index contributed by atoms with van der Waals surface area (Å²) in [5.74, 6) is 0.527. The molecule has 5 nitrogen and oxygen atoms in total. The molecule has 1 N–H and O–H groups in total. The van der Waals surface area contributed by atoms with E-state index in [0.717, 1.165) is 11.4 Å². The Bertz CT molecular complexity index is 409. The summed E-state index contributed by atoms with van der Waals surface area (Å²) in [7, 11) is 0. The first-order valence-corrected chi connectivity index (χ1v) is 3.58. The minimum atomic E-state index is -0.0299. The minimum absolute atomic E-state index is 0.0299. The van der Waals surface area contributed by atoms with Gasteiger partial charge in [-0.05, 0) is 13.0 Å². The van der Waals surface area contributed by atoms with Crippen molar-refractivity contribution < 1.29 is 5.11 Å². The topological polar surface area (TPSA) is 63.3 Å². The van der Waals surface area contributed by atoms with E-state index in [1.54, 1.807) is 10.5 Å². The molecule has 0 saturated heterocycles. The van der Waals surface area contributed by atoms with Crippen LogP contribution in [-0.2, 0) is 6.61 Å². The number of hydrogen-bond acceptors (Lipinski definition) is 4. The van der Waals surface area contributed by atoms with Crippen LogP contribution in [0.3, 0.4) is 0 Å². The molecule has 0 aromatic carbocycles. The van der Waals surface area contributed by atoms with Gasteiger partial charge < -0.3 is 5.11 Å². The van der Waals surface area contributed by atoms with Crippen LogP contribution in [0.25, 0.3) is 5.78 Å². The minimum Gasteiger partial charge on any atom is -0.390 e. The average Bonchev–Trinajstić information content (AvgIpc) is 2.50. The standard InChI is InChI=1S/C7H8N4O/c1-5-2-6(3-12)11-4-8-10-7(11)9-5/h2,4,12H,3H2,1H3. The Kier molecular flexibility index (Phi) is 1.51. The fourth-order valence-corrected chi connectivity index (χ4v) is 1.13. The van der Waals surface area contributed by atoms with E-state index in [2.05, 4.69) is 15.2 Å². The summed E-state index contributed by atoms with van der Waals surface area (Å²) in [6.45, 7) is 1.83. The van der Waals surface area contributed by atoms with Crippen molar-refractivity contribution in [2.45, 2.75) is 13.5 Å². The Morgan fingerprint density at radius 1 is 1.58 bits per heavy atom. The molecule has 12 heavy (non-hydrogen) atoms. The van der Waals surface area contributed by atoms with Crippen LogP contribution in [0.1, 0.15) is 11.4 Å². The molecular formula is C7H8N4O. The molecule has 62 valence electrons. The molecule has 0 amide bonds. The predicted molar refractivity (Wildman–Crippen MR) is 41.4 cm³/mol. The van der Waals surface area contributed by atoms with Gasteiger partial charge in [-0.2, -0.15) is 0 Å².